The molecule has 0 aliphatic heterocycles. The third-order valence-electron chi connectivity index (χ3n) is 4.89. The van der Waals surface area contributed by atoms with Crippen LogP contribution in [0.1, 0.15) is 17.3 Å². The highest BCUT2D eigenvalue weighted by molar-refractivity contribution is 7.98. The highest BCUT2D eigenvalue weighted by Crippen LogP contribution is 2.35. The molecule has 2 aromatic carbocycles. The smallest absolute Gasteiger partial charge is 0.187 e. The van der Waals surface area contributed by atoms with E-state index in [0.717, 1.165) is 28.1 Å². The van der Waals surface area contributed by atoms with Crippen LogP contribution in [0.5, 0.6) is 0 Å². The van der Waals surface area contributed by atoms with Crippen molar-refractivity contribution in [1.29, 1.82) is 0 Å². The lowest BCUT2D eigenvalue weighted by Crippen LogP contribution is -2.17. The lowest BCUT2D eigenvalue weighted by Gasteiger charge is -2.17. The molecule has 0 fully saturated rings. The van der Waals surface area contributed by atoms with E-state index in [-0.39, 0.29) is 6.42 Å². The molecule has 4 aromatic rings. The van der Waals surface area contributed by atoms with E-state index in [2.05, 4.69) is 15.1 Å². The highest BCUT2D eigenvalue weighted by atomic mass is 32.2. The number of para-hydroxylation sites is 1. The molecule has 1 atom stereocenters. The predicted octanol–water partition coefficient (Wildman–Crippen LogP) is 3.86. The van der Waals surface area contributed by atoms with Gasteiger partial charge in [-0.1, -0.05) is 23.9 Å². The molecule has 2 aromatic heterocycles. The Hall–Kier alpha value is -3.04. The third-order valence-corrected chi connectivity index (χ3v) is 5.45. The van der Waals surface area contributed by atoms with Crippen molar-refractivity contribution >= 4 is 28.5 Å². The predicted molar refractivity (Wildman–Crippen MR) is 115 cm³/mol. The molecule has 0 aliphatic rings. The number of rotatable bonds is 5. The van der Waals surface area contributed by atoms with Gasteiger partial charge < -0.3 is 11.5 Å². The summed E-state index contributed by atoms with van der Waals surface area (Å²) in [6.07, 6.45) is 3.81. The molecule has 0 saturated heterocycles. The first-order valence-electron chi connectivity index (χ1n) is 9.20. The molecular formula is C21H20F2N6S. The largest absolute Gasteiger partial charge is 0.382 e. The summed E-state index contributed by atoms with van der Waals surface area (Å²) < 4.78 is 29.0. The Morgan fingerprint density at radius 2 is 1.87 bits per heavy atom. The van der Waals surface area contributed by atoms with E-state index in [1.165, 1.54) is 23.9 Å². The summed E-state index contributed by atoms with van der Waals surface area (Å²) in [4.78, 5) is 9.04. The molecule has 4 rings (SSSR count). The Kier molecular flexibility index (Phi) is 5.40. The van der Waals surface area contributed by atoms with Crippen molar-refractivity contribution in [1.82, 2.24) is 19.7 Å². The molecule has 0 saturated carbocycles. The monoisotopic (exact) mass is 426 g/mol. The van der Waals surface area contributed by atoms with E-state index in [1.54, 1.807) is 10.9 Å². The van der Waals surface area contributed by atoms with Crippen LogP contribution < -0.4 is 11.5 Å². The fourth-order valence-electron chi connectivity index (χ4n) is 3.63. The van der Waals surface area contributed by atoms with Crippen molar-refractivity contribution in [2.45, 2.75) is 17.6 Å². The van der Waals surface area contributed by atoms with Crippen molar-refractivity contribution in [3.05, 3.63) is 65.5 Å². The van der Waals surface area contributed by atoms with Gasteiger partial charge in [0.25, 0.3) is 0 Å². The average Bonchev–Trinajstić information content (AvgIpc) is 3.00. The minimum absolute atomic E-state index is 0.218. The van der Waals surface area contributed by atoms with Crippen LogP contribution in [0, 0.1) is 11.6 Å². The zero-order valence-corrected chi connectivity index (χ0v) is 17.3. The standard InChI is InChI=1S/C21H20F2N6S/c1-29-19-14(4-3-5-15(19)20(25)28-29)16-10-26-21(30-2)27-18(16)17(24)8-11-6-12(22)9-13(23)7-11/h3-7,9-10,17H,8,24H2,1-2H3,(H2,25,28). The molecule has 9 heteroatoms. The number of thioether (sulfide) groups is 1. The number of fused-ring (bicyclic) bond motifs is 1. The Morgan fingerprint density at radius 3 is 2.57 bits per heavy atom. The molecule has 2 heterocycles. The summed E-state index contributed by atoms with van der Waals surface area (Å²) >= 11 is 1.39. The molecule has 6 nitrogen and oxygen atoms in total. The normalized spacial score (nSPS) is 12.4. The molecule has 0 spiro atoms. The molecule has 30 heavy (non-hydrogen) atoms. The van der Waals surface area contributed by atoms with Gasteiger partial charge in [-0.25, -0.2) is 18.7 Å². The van der Waals surface area contributed by atoms with Crippen LogP contribution >= 0.6 is 11.8 Å². The van der Waals surface area contributed by atoms with Crippen LogP contribution in [0.2, 0.25) is 0 Å². The molecular weight excluding hydrogens is 406 g/mol. The number of hydrogen-bond donors (Lipinski definition) is 2. The first-order valence-corrected chi connectivity index (χ1v) is 10.4. The van der Waals surface area contributed by atoms with Crippen molar-refractivity contribution < 1.29 is 8.78 Å². The topological polar surface area (TPSA) is 95.6 Å². The van der Waals surface area contributed by atoms with Crippen LogP contribution in [-0.2, 0) is 13.5 Å². The number of aromatic nitrogens is 4. The first kappa shape index (κ1) is 20.2. The second-order valence-electron chi connectivity index (χ2n) is 6.95. The summed E-state index contributed by atoms with van der Waals surface area (Å²) in [7, 11) is 1.81. The number of nitrogen functional groups attached to an aromatic ring is 1. The van der Waals surface area contributed by atoms with Crippen molar-refractivity contribution in [2.75, 3.05) is 12.0 Å². The highest BCUT2D eigenvalue weighted by Gasteiger charge is 2.20. The maximum absolute atomic E-state index is 13.6. The Labute approximate surface area is 176 Å². The van der Waals surface area contributed by atoms with Gasteiger partial charge in [0.1, 0.15) is 11.6 Å². The summed E-state index contributed by atoms with van der Waals surface area (Å²) in [5, 5.41) is 5.68. The molecule has 1 unspecified atom stereocenters. The van der Waals surface area contributed by atoms with Gasteiger partial charge in [0.05, 0.1) is 17.3 Å². The van der Waals surface area contributed by atoms with E-state index in [0.29, 0.717) is 22.2 Å². The van der Waals surface area contributed by atoms with E-state index >= 15 is 0 Å². The van der Waals surface area contributed by atoms with Crippen LogP contribution in [0.3, 0.4) is 0 Å². The molecule has 0 amide bonds. The molecule has 0 radical (unpaired) electrons. The van der Waals surface area contributed by atoms with E-state index in [4.69, 9.17) is 11.5 Å². The third kappa shape index (κ3) is 3.73. The van der Waals surface area contributed by atoms with E-state index < -0.39 is 17.7 Å². The van der Waals surface area contributed by atoms with Crippen LogP contribution in [0.25, 0.3) is 22.0 Å². The van der Waals surface area contributed by atoms with Crippen molar-refractivity contribution in [3.8, 4) is 11.1 Å². The lowest BCUT2D eigenvalue weighted by atomic mass is 9.96. The number of benzene rings is 2. The van der Waals surface area contributed by atoms with Crippen LogP contribution in [0.4, 0.5) is 14.6 Å². The van der Waals surface area contributed by atoms with Gasteiger partial charge in [-0.3, -0.25) is 4.68 Å². The molecule has 4 N–H and O–H groups in total. The van der Waals surface area contributed by atoms with Crippen LogP contribution in [0.15, 0.2) is 47.8 Å². The van der Waals surface area contributed by atoms with Crippen molar-refractivity contribution in [2.24, 2.45) is 12.8 Å². The minimum atomic E-state index is -0.639. The maximum atomic E-state index is 13.6. The number of nitrogens with two attached hydrogens (primary N) is 2. The van der Waals surface area contributed by atoms with Gasteiger partial charge in [-0.05, 0) is 36.4 Å². The molecule has 0 bridgehead atoms. The summed E-state index contributed by atoms with van der Waals surface area (Å²) in [6.45, 7) is 0. The average molecular weight is 426 g/mol. The fraction of sp³-hybridized carbons (Fsp3) is 0.190. The van der Waals surface area contributed by atoms with Gasteiger partial charge in [0.15, 0.2) is 11.0 Å². The number of nitrogens with zero attached hydrogens (tertiary/aromatic N) is 4. The number of hydrogen-bond acceptors (Lipinski definition) is 6. The second-order valence-corrected chi connectivity index (χ2v) is 7.73. The Balaban J connectivity index is 1.85. The van der Waals surface area contributed by atoms with Gasteiger partial charge in [0.2, 0.25) is 0 Å². The molecule has 0 aliphatic carbocycles. The van der Waals surface area contributed by atoms with Gasteiger partial charge in [-0.15, -0.1) is 0 Å². The lowest BCUT2D eigenvalue weighted by molar-refractivity contribution is 0.575. The summed E-state index contributed by atoms with van der Waals surface area (Å²) in [6, 6.07) is 8.51. The quantitative estimate of drug-likeness (QED) is 0.372. The second kappa shape index (κ2) is 8.00. The number of anilines is 1. The van der Waals surface area contributed by atoms with Crippen LogP contribution in [-0.4, -0.2) is 26.0 Å². The van der Waals surface area contributed by atoms with Gasteiger partial charge in [0, 0.05) is 35.8 Å². The first-order chi connectivity index (χ1) is 14.4. The fourth-order valence-corrected chi connectivity index (χ4v) is 3.98. The minimum Gasteiger partial charge on any atom is -0.382 e. The Bertz CT molecular complexity index is 1220. The summed E-state index contributed by atoms with van der Waals surface area (Å²) in [5.41, 5.74) is 16.0. The Morgan fingerprint density at radius 1 is 1.13 bits per heavy atom. The van der Waals surface area contributed by atoms with E-state index in [1.807, 2.05) is 31.5 Å². The zero-order chi connectivity index (χ0) is 21.4. The molecule has 154 valence electrons. The number of aryl methyl sites for hydroxylation is 1. The van der Waals surface area contributed by atoms with Crippen molar-refractivity contribution in [3.63, 3.8) is 0 Å². The number of halogens is 2. The maximum Gasteiger partial charge on any atom is 0.187 e. The van der Waals surface area contributed by atoms with E-state index in [9.17, 15) is 8.78 Å². The van der Waals surface area contributed by atoms with Gasteiger partial charge in [-0.2, -0.15) is 5.10 Å². The zero-order valence-electron chi connectivity index (χ0n) is 16.4. The SMILES string of the molecule is CSc1ncc(-c2cccc3c(N)nn(C)c23)c(C(N)Cc2cc(F)cc(F)c2)n1. The summed E-state index contributed by atoms with van der Waals surface area (Å²) in [5.74, 6) is -0.850. The van der Waals surface area contributed by atoms with Gasteiger partial charge >= 0.3 is 0 Å².